The van der Waals surface area contributed by atoms with Crippen molar-refractivity contribution in [3.8, 4) is 5.75 Å². The van der Waals surface area contributed by atoms with E-state index in [2.05, 4.69) is 0 Å². The van der Waals surface area contributed by atoms with Crippen LogP contribution < -0.4 is 4.90 Å². The molecule has 1 saturated heterocycles. The Bertz CT molecular complexity index is 1200. The van der Waals surface area contributed by atoms with Crippen LogP contribution in [0.15, 0.2) is 64.9 Å². The fourth-order valence-electron chi connectivity index (χ4n) is 4.66. The number of fused-ring (bicyclic) bond motifs is 3. The van der Waals surface area contributed by atoms with Crippen LogP contribution in [-0.4, -0.2) is 57.0 Å². The second-order valence-corrected chi connectivity index (χ2v) is 8.40. The van der Waals surface area contributed by atoms with Crippen molar-refractivity contribution in [2.75, 3.05) is 11.9 Å². The van der Waals surface area contributed by atoms with Crippen molar-refractivity contribution in [3.63, 3.8) is 0 Å². The number of imide groups is 1. The molecular formula is C24H25N5O3. The lowest BCUT2D eigenvalue weighted by molar-refractivity contribution is -0.137. The molecule has 0 radical (unpaired) electrons. The van der Waals surface area contributed by atoms with Crippen LogP contribution in [0.4, 0.5) is 10.5 Å². The zero-order valence-corrected chi connectivity index (χ0v) is 18.5. The summed E-state index contributed by atoms with van der Waals surface area (Å²) in [6.45, 7) is 6.05. The Labute approximate surface area is 186 Å². The summed E-state index contributed by atoms with van der Waals surface area (Å²) in [5.41, 5.74) is 4.29. The van der Waals surface area contributed by atoms with Gasteiger partial charge in [-0.05, 0) is 44.0 Å². The number of para-hydroxylation sites is 2. The van der Waals surface area contributed by atoms with Crippen LogP contribution in [0.25, 0.3) is 0 Å². The maximum atomic E-state index is 13.7. The number of phenols is 1. The first-order valence-corrected chi connectivity index (χ1v) is 10.6. The summed E-state index contributed by atoms with van der Waals surface area (Å²) in [6, 6.07) is 13.8. The molecule has 5 rings (SSSR count). The monoisotopic (exact) mass is 431 g/mol. The lowest BCUT2D eigenvalue weighted by atomic mass is 10.1. The fraction of sp³-hybridized carbons (Fsp3) is 0.292. The number of phenolic OH excluding ortho intramolecular Hbond substituents is 1. The predicted octanol–water partition coefficient (Wildman–Crippen LogP) is 3.23. The number of carbonyl (C=O) groups is 2. The van der Waals surface area contributed by atoms with E-state index in [9.17, 15) is 14.7 Å². The van der Waals surface area contributed by atoms with Gasteiger partial charge in [0.25, 0.3) is 5.91 Å². The maximum Gasteiger partial charge on any atom is 0.328 e. The summed E-state index contributed by atoms with van der Waals surface area (Å²) < 4.78 is 0. The van der Waals surface area contributed by atoms with Crippen molar-refractivity contribution in [1.82, 2.24) is 14.7 Å². The second-order valence-electron chi connectivity index (χ2n) is 8.40. The number of carbonyl (C=O) groups excluding carboxylic acids is 2. The number of anilines is 1. The molecule has 3 aliphatic rings. The predicted molar refractivity (Wildman–Crippen MR) is 121 cm³/mol. The third kappa shape index (κ3) is 2.72. The topological polar surface area (TPSA) is 79.7 Å². The molecule has 3 aliphatic heterocycles. The summed E-state index contributed by atoms with van der Waals surface area (Å²) >= 11 is 0. The smallest absolute Gasteiger partial charge is 0.328 e. The molecule has 8 nitrogen and oxygen atoms in total. The van der Waals surface area contributed by atoms with Crippen molar-refractivity contribution in [3.05, 3.63) is 71.1 Å². The van der Waals surface area contributed by atoms with Crippen molar-refractivity contribution < 1.29 is 14.7 Å². The average molecular weight is 431 g/mol. The van der Waals surface area contributed by atoms with E-state index in [1.807, 2.05) is 60.9 Å². The van der Waals surface area contributed by atoms with E-state index in [1.165, 1.54) is 9.80 Å². The molecule has 0 saturated carbocycles. The summed E-state index contributed by atoms with van der Waals surface area (Å²) in [5.74, 6) is 0.393. The molecule has 0 aromatic heterocycles. The minimum Gasteiger partial charge on any atom is -0.506 e. The van der Waals surface area contributed by atoms with E-state index in [0.29, 0.717) is 11.6 Å². The molecule has 32 heavy (non-hydrogen) atoms. The zero-order chi connectivity index (χ0) is 22.7. The van der Waals surface area contributed by atoms with E-state index in [4.69, 9.17) is 4.99 Å². The van der Waals surface area contributed by atoms with Gasteiger partial charge in [0.15, 0.2) is 12.2 Å². The third-order valence-electron chi connectivity index (χ3n) is 6.60. The highest BCUT2D eigenvalue weighted by Gasteiger charge is 2.56. The Kier molecular flexibility index (Phi) is 4.47. The van der Waals surface area contributed by atoms with Crippen LogP contribution in [0, 0.1) is 6.92 Å². The standard InChI is InChI=1S/C24H25N5O3/c1-14-9-5-6-10-17(14)13-27-22(31)20-21(26(4)24(27)32)25-23-28(15(2)16(3)29(20)23)18-11-7-8-12-19(18)30/h5-12,20-21,30H,13H2,1-4H3. The highest BCUT2D eigenvalue weighted by molar-refractivity contribution is 6.10. The zero-order valence-electron chi connectivity index (χ0n) is 18.5. The Morgan fingerprint density at radius 2 is 1.66 bits per heavy atom. The number of rotatable bonds is 3. The molecule has 164 valence electrons. The number of aliphatic imine (C=N–C) groups is 1. The van der Waals surface area contributed by atoms with Crippen LogP contribution in [0.3, 0.4) is 0 Å². The van der Waals surface area contributed by atoms with Crippen LogP contribution in [-0.2, 0) is 11.3 Å². The van der Waals surface area contributed by atoms with Crippen molar-refractivity contribution >= 4 is 23.6 Å². The van der Waals surface area contributed by atoms with E-state index < -0.39 is 12.2 Å². The molecule has 0 aliphatic carbocycles. The molecule has 2 aromatic rings. The Balaban J connectivity index is 1.54. The van der Waals surface area contributed by atoms with Crippen LogP contribution >= 0.6 is 0 Å². The summed E-state index contributed by atoms with van der Waals surface area (Å²) in [7, 11) is 1.68. The SMILES string of the molecule is CC1=C(C)N2C(=NC3C2C(=O)N(Cc2ccccc2C)C(=O)N3C)N1c1ccccc1O. The number of likely N-dealkylation sites (N-methyl/N-ethyl adjacent to an activating group) is 1. The van der Waals surface area contributed by atoms with Gasteiger partial charge in [0.1, 0.15) is 5.75 Å². The Hall–Kier alpha value is -3.81. The number of allylic oxidation sites excluding steroid dienone is 2. The first kappa shape index (κ1) is 20.1. The van der Waals surface area contributed by atoms with Crippen molar-refractivity contribution in [2.45, 2.75) is 39.5 Å². The number of urea groups is 1. The van der Waals surface area contributed by atoms with Gasteiger partial charge in [-0.3, -0.25) is 19.5 Å². The highest BCUT2D eigenvalue weighted by atomic mass is 16.3. The number of hydrogen-bond donors (Lipinski definition) is 1. The van der Waals surface area contributed by atoms with Gasteiger partial charge in [0, 0.05) is 18.4 Å². The van der Waals surface area contributed by atoms with E-state index >= 15 is 0 Å². The molecule has 0 spiro atoms. The van der Waals surface area contributed by atoms with Crippen molar-refractivity contribution in [1.29, 1.82) is 0 Å². The first-order valence-electron chi connectivity index (χ1n) is 10.6. The third-order valence-corrected chi connectivity index (χ3v) is 6.60. The molecule has 1 N–H and O–H groups in total. The molecule has 8 heteroatoms. The van der Waals surface area contributed by atoms with E-state index in [0.717, 1.165) is 22.5 Å². The second kappa shape index (κ2) is 7.12. The highest BCUT2D eigenvalue weighted by Crippen LogP contribution is 2.42. The minimum atomic E-state index is -0.650. The molecule has 2 unspecified atom stereocenters. The van der Waals surface area contributed by atoms with E-state index in [1.54, 1.807) is 25.2 Å². The fourth-order valence-corrected chi connectivity index (χ4v) is 4.66. The number of hydrogen-bond acceptors (Lipinski definition) is 6. The lowest BCUT2D eigenvalue weighted by Crippen LogP contribution is -2.64. The summed E-state index contributed by atoms with van der Waals surface area (Å²) in [5, 5.41) is 10.5. The van der Waals surface area contributed by atoms with Gasteiger partial charge in [-0.25, -0.2) is 9.79 Å². The number of aromatic hydroxyl groups is 1. The molecule has 3 heterocycles. The van der Waals surface area contributed by atoms with Gasteiger partial charge in [-0.2, -0.15) is 0 Å². The number of benzene rings is 2. The van der Waals surface area contributed by atoms with Crippen molar-refractivity contribution in [2.24, 2.45) is 4.99 Å². The largest absolute Gasteiger partial charge is 0.506 e. The molecule has 2 aromatic carbocycles. The average Bonchev–Trinajstić information content (AvgIpc) is 3.27. The normalized spacial score (nSPS) is 22.6. The molecule has 0 bridgehead atoms. The minimum absolute atomic E-state index is 0.121. The summed E-state index contributed by atoms with van der Waals surface area (Å²) in [4.78, 5) is 38.2. The van der Waals surface area contributed by atoms with Gasteiger partial charge in [0.05, 0.1) is 12.2 Å². The Morgan fingerprint density at radius 1 is 0.969 bits per heavy atom. The maximum absolute atomic E-state index is 13.7. The molecule has 1 fully saturated rings. The van der Waals surface area contributed by atoms with Gasteiger partial charge >= 0.3 is 6.03 Å². The van der Waals surface area contributed by atoms with E-state index in [-0.39, 0.29) is 24.2 Å². The van der Waals surface area contributed by atoms with Gasteiger partial charge < -0.3 is 10.0 Å². The number of aryl methyl sites for hydroxylation is 1. The molecule has 2 atom stereocenters. The first-order chi connectivity index (χ1) is 15.3. The number of amides is 3. The van der Waals surface area contributed by atoms with Gasteiger partial charge in [-0.15, -0.1) is 0 Å². The Morgan fingerprint density at radius 3 is 2.38 bits per heavy atom. The van der Waals surface area contributed by atoms with Crippen LogP contribution in [0.5, 0.6) is 5.75 Å². The quantitative estimate of drug-likeness (QED) is 0.807. The van der Waals surface area contributed by atoms with Gasteiger partial charge in [0.2, 0.25) is 5.96 Å². The molecular weight excluding hydrogens is 406 g/mol. The lowest BCUT2D eigenvalue weighted by Gasteiger charge is -2.41. The van der Waals surface area contributed by atoms with Crippen LogP contribution in [0.2, 0.25) is 0 Å². The number of guanidine groups is 1. The molecule has 3 amide bonds. The summed E-state index contributed by atoms with van der Waals surface area (Å²) in [6.07, 6.45) is -0.630. The van der Waals surface area contributed by atoms with Gasteiger partial charge in [-0.1, -0.05) is 36.4 Å². The van der Waals surface area contributed by atoms with Crippen LogP contribution in [0.1, 0.15) is 25.0 Å². The number of nitrogens with zero attached hydrogens (tertiary/aromatic N) is 5.